The number of rotatable bonds is 5. The molecule has 2 aromatic carbocycles. The Hall–Kier alpha value is -2.80. The lowest BCUT2D eigenvalue weighted by Gasteiger charge is -2.07. The van der Waals surface area contributed by atoms with Crippen LogP contribution in [0.1, 0.15) is 15.9 Å². The summed E-state index contributed by atoms with van der Waals surface area (Å²) in [5.41, 5.74) is 2.83. The molecule has 0 unspecified atom stereocenters. The summed E-state index contributed by atoms with van der Waals surface area (Å²) in [6.45, 7) is 0. The van der Waals surface area contributed by atoms with Crippen LogP contribution in [0.4, 0.5) is 5.69 Å². The van der Waals surface area contributed by atoms with Gasteiger partial charge in [-0.3, -0.25) is 9.00 Å². The number of hydrogen-bond acceptors (Lipinski definition) is 5. The number of amides is 1. The molecule has 0 radical (unpaired) electrons. The van der Waals surface area contributed by atoms with Gasteiger partial charge in [-0.05, 0) is 42.0 Å². The van der Waals surface area contributed by atoms with Gasteiger partial charge in [0, 0.05) is 39.6 Å². The second-order valence-electron chi connectivity index (χ2n) is 5.19. The van der Waals surface area contributed by atoms with E-state index in [1.165, 1.54) is 6.39 Å². The molecular formula is C17H15N3O3S. The van der Waals surface area contributed by atoms with Crippen molar-refractivity contribution in [1.82, 2.24) is 10.2 Å². The summed E-state index contributed by atoms with van der Waals surface area (Å²) in [4.78, 5) is 12.3. The van der Waals surface area contributed by atoms with Gasteiger partial charge in [0.25, 0.3) is 5.91 Å². The first kappa shape index (κ1) is 16.1. The van der Waals surface area contributed by atoms with E-state index in [2.05, 4.69) is 15.5 Å². The number of hydrogen-bond donors (Lipinski definition) is 1. The number of nitrogens with one attached hydrogen (secondary N) is 1. The molecule has 1 atom stereocenters. The topological polar surface area (TPSA) is 85.1 Å². The summed E-state index contributed by atoms with van der Waals surface area (Å²) in [7, 11) is -0.945. The van der Waals surface area contributed by atoms with Crippen molar-refractivity contribution >= 4 is 22.4 Å². The van der Waals surface area contributed by atoms with E-state index in [9.17, 15) is 9.00 Å². The van der Waals surface area contributed by atoms with Crippen LogP contribution in [0.5, 0.6) is 0 Å². The maximum Gasteiger partial charge on any atom is 0.255 e. The highest BCUT2D eigenvalue weighted by Crippen LogP contribution is 2.19. The highest BCUT2D eigenvalue weighted by atomic mass is 32.2. The Labute approximate surface area is 141 Å². The average molecular weight is 341 g/mol. The van der Waals surface area contributed by atoms with Crippen molar-refractivity contribution in [2.75, 3.05) is 11.6 Å². The van der Waals surface area contributed by atoms with Gasteiger partial charge >= 0.3 is 0 Å². The minimum atomic E-state index is -0.945. The van der Waals surface area contributed by atoms with Gasteiger partial charge in [0.2, 0.25) is 12.3 Å². The quantitative estimate of drug-likeness (QED) is 0.771. The Kier molecular flexibility index (Phi) is 4.81. The molecule has 24 heavy (non-hydrogen) atoms. The van der Waals surface area contributed by atoms with Crippen molar-refractivity contribution < 1.29 is 13.4 Å². The van der Waals surface area contributed by atoms with Crippen LogP contribution in [0, 0.1) is 0 Å². The van der Waals surface area contributed by atoms with E-state index in [1.54, 1.807) is 48.7 Å². The van der Waals surface area contributed by atoms with Crippen molar-refractivity contribution in [3.63, 3.8) is 0 Å². The van der Waals surface area contributed by atoms with E-state index in [0.29, 0.717) is 22.9 Å². The molecule has 1 N–H and O–H groups in total. The largest absolute Gasteiger partial charge is 0.423 e. The fourth-order valence-electron chi connectivity index (χ4n) is 2.24. The Morgan fingerprint density at radius 2 is 2.00 bits per heavy atom. The first-order chi connectivity index (χ1) is 11.6. The standard InChI is InChI=1S/C17H15N3O3S/c1-24(22)10-12-3-2-4-14(9-12)16(21)19-15-7-5-13(6-8-15)17-20-18-11-23-17/h2-9,11H,10H2,1H3,(H,19,21)/t24-/m1/s1. The first-order valence-electron chi connectivity index (χ1n) is 7.19. The smallest absolute Gasteiger partial charge is 0.255 e. The van der Waals surface area contributed by atoms with Crippen LogP contribution >= 0.6 is 0 Å². The summed E-state index contributed by atoms with van der Waals surface area (Å²) < 4.78 is 16.4. The van der Waals surface area contributed by atoms with E-state index in [1.807, 2.05) is 6.07 Å². The van der Waals surface area contributed by atoms with Gasteiger partial charge < -0.3 is 9.73 Å². The van der Waals surface area contributed by atoms with Gasteiger partial charge in [-0.1, -0.05) is 12.1 Å². The molecule has 0 fully saturated rings. The lowest BCUT2D eigenvalue weighted by atomic mass is 10.1. The van der Waals surface area contributed by atoms with Gasteiger partial charge in [0.15, 0.2) is 0 Å². The molecule has 0 saturated carbocycles. The molecule has 3 rings (SSSR count). The Bertz CT molecular complexity index is 861. The molecule has 1 amide bonds. The third-order valence-corrected chi connectivity index (χ3v) is 4.05. The Morgan fingerprint density at radius 1 is 1.21 bits per heavy atom. The molecule has 6 nitrogen and oxygen atoms in total. The fraction of sp³-hybridized carbons (Fsp3) is 0.118. The van der Waals surface area contributed by atoms with Crippen LogP contribution in [0.15, 0.2) is 59.3 Å². The van der Waals surface area contributed by atoms with E-state index in [4.69, 9.17) is 4.42 Å². The third kappa shape index (κ3) is 3.94. The maximum absolute atomic E-state index is 12.3. The minimum absolute atomic E-state index is 0.218. The van der Waals surface area contributed by atoms with Gasteiger partial charge in [0.05, 0.1) is 0 Å². The predicted octanol–water partition coefficient (Wildman–Crippen LogP) is 2.87. The predicted molar refractivity (Wildman–Crippen MR) is 91.9 cm³/mol. The van der Waals surface area contributed by atoms with Gasteiger partial charge in [-0.2, -0.15) is 0 Å². The molecule has 0 aliphatic heterocycles. The minimum Gasteiger partial charge on any atom is -0.423 e. The van der Waals surface area contributed by atoms with E-state index in [-0.39, 0.29) is 5.91 Å². The van der Waals surface area contributed by atoms with Crippen LogP contribution in [0.2, 0.25) is 0 Å². The van der Waals surface area contributed by atoms with Crippen LogP contribution in [0.3, 0.4) is 0 Å². The monoisotopic (exact) mass is 341 g/mol. The summed E-state index contributed by atoms with van der Waals surface area (Å²) in [6, 6.07) is 14.2. The average Bonchev–Trinajstić information content (AvgIpc) is 3.09. The normalized spacial score (nSPS) is 11.9. The first-order valence-corrected chi connectivity index (χ1v) is 8.91. The molecular weight excluding hydrogens is 326 g/mol. The third-order valence-electron chi connectivity index (χ3n) is 3.31. The second-order valence-corrected chi connectivity index (χ2v) is 6.63. The zero-order valence-corrected chi connectivity index (χ0v) is 13.7. The van der Waals surface area contributed by atoms with E-state index < -0.39 is 10.8 Å². The van der Waals surface area contributed by atoms with Crippen LogP contribution in [0.25, 0.3) is 11.5 Å². The number of benzene rings is 2. The number of aromatic nitrogens is 2. The number of nitrogens with zero attached hydrogens (tertiary/aromatic N) is 2. The zero-order valence-electron chi connectivity index (χ0n) is 12.9. The SMILES string of the molecule is C[S@@](=O)Cc1cccc(C(=O)Nc2ccc(-c3nnco3)cc2)c1. The highest BCUT2D eigenvalue weighted by Gasteiger charge is 2.09. The fourth-order valence-corrected chi connectivity index (χ4v) is 2.88. The molecule has 0 aliphatic carbocycles. The maximum atomic E-state index is 12.3. The van der Waals surface area contributed by atoms with Gasteiger partial charge in [0.1, 0.15) is 0 Å². The lowest BCUT2D eigenvalue weighted by molar-refractivity contribution is 0.102. The van der Waals surface area contributed by atoms with Crippen molar-refractivity contribution in [2.45, 2.75) is 5.75 Å². The number of carbonyl (C=O) groups is 1. The van der Waals surface area contributed by atoms with Gasteiger partial charge in [-0.15, -0.1) is 10.2 Å². The van der Waals surface area contributed by atoms with Crippen molar-refractivity contribution in [1.29, 1.82) is 0 Å². The van der Waals surface area contributed by atoms with Crippen molar-refractivity contribution in [2.24, 2.45) is 0 Å². The number of anilines is 1. The molecule has 0 bridgehead atoms. The summed E-state index contributed by atoms with van der Waals surface area (Å²) in [5.74, 6) is 0.636. The molecule has 0 saturated heterocycles. The zero-order chi connectivity index (χ0) is 16.9. The van der Waals surface area contributed by atoms with Gasteiger partial charge in [-0.25, -0.2) is 0 Å². The molecule has 122 valence electrons. The van der Waals surface area contributed by atoms with Crippen LogP contribution in [-0.4, -0.2) is 26.6 Å². The molecule has 1 aromatic heterocycles. The molecule has 1 heterocycles. The molecule has 0 aliphatic rings. The summed E-state index contributed by atoms with van der Waals surface area (Å²) in [6.07, 6.45) is 2.90. The van der Waals surface area contributed by atoms with E-state index in [0.717, 1.165) is 11.1 Å². The Balaban J connectivity index is 1.71. The summed E-state index contributed by atoms with van der Waals surface area (Å²) >= 11 is 0. The molecule has 7 heteroatoms. The molecule has 0 spiro atoms. The van der Waals surface area contributed by atoms with Crippen LogP contribution in [-0.2, 0) is 16.6 Å². The molecule has 3 aromatic rings. The second kappa shape index (κ2) is 7.18. The van der Waals surface area contributed by atoms with E-state index >= 15 is 0 Å². The summed E-state index contributed by atoms with van der Waals surface area (Å²) in [5, 5.41) is 10.3. The highest BCUT2D eigenvalue weighted by molar-refractivity contribution is 7.83. The lowest BCUT2D eigenvalue weighted by Crippen LogP contribution is -2.12. The van der Waals surface area contributed by atoms with Crippen molar-refractivity contribution in [3.8, 4) is 11.5 Å². The van der Waals surface area contributed by atoms with Crippen LogP contribution < -0.4 is 5.32 Å². The Morgan fingerprint density at radius 3 is 2.67 bits per heavy atom. The number of carbonyl (C=O) groups excluding carboxylic acids is 1. The van der Waals surface area contributed by atoms with Crippen molar-refractivity contribution in [3.05, 3.63) is 66.1 Å².